The lowest BCUT2D eigenvalue weighted by Crippen LogP contribution is -2.07. The second-order valence-electron chi connectivity index (χ2n) is 4.49. The minimum absolute atomic E-state index is 0.210. The van der Waals surface area contributed by atoms with Gasteiger partial charge in [0.25, 0.3) is 0 Å². The predicted octanol–water partition coefficient (Wildman–Crippen LogP) is 3.28. The van der Waals surface area contributed by atoms with E-state index in [9.17, 15) is 4.79 Å². The molecule has 4 heteroatoms. The maximum Gasteiger partial charge on any atom is 0.248 e. The Morgan fingerprint density at radius 1 is 1.05 bits per heavy atom. The first-order chi connectivity index (χ1) is 10.3. The van der Waals surface area contributed by atoms with Gasteiger partial charge in [-0.3, -0.25) is 9.78 Å². The van der Waals surface area contributed by atoms with Crippen molar-refractivity contribution in [1.29, 1.82) is 0 Å². The Kier molecular flexibility index (Phi) is 3.69. The maximum absolute atomic E-state index is 11.8. The smallest absolute Gasteiger partial charge is 0.248 e. The highest BCUT2D eigenvalue weighted by Crippen LogP contribution is 2.12. The Hall–Kier alpha value is -3.01. The van der Waals surface area contributed by atoms with Crippen molar-refractivity contribution in [1.82, 2.24) is 9.97 Å². The fourth-order valence-corrected chi connectivity index (χ4v) is 1.96. The molecule has 1 N–H and O–H groups in total. The molecule has 0 aliphatic heterocycles. The van der Waals surface area contributed by atoms with Gasteiger partial charge in [0.1, 0.15) is 0 Å². The molecule has 1 amide bonds. The molecule has 0 bridgehead atoms. The summed E-state index contributed by atoms with van der Waals surface area (Å²) in [5, 5.41) is 3.81. The maximum atomic E-state index is 11.8. The van der Waals surface area contributed by atoms with Gasteiger partial charge in [0.2, 0.25) is 5.91 Å². The van der Waals surface area contributed by atoms with Crippen molar-refractivity contribution in [2.24, 2.45) is 0 Å². The molecular formula is C17H13N3O. The molecule has 21 heavy (non-hydrogen) atoms. The third-order valence-corrected chi connectivity index (χ3v) is 2.95. The van der Waals surface area contributed by atoms with Crippen molar-refractivity contribution in [3.05, 3.63) is 72.7 Å². The molecule has 0 fully saturated rings. The molecule has 0 saturated heterocycles. The van der Waals surface area contributed by atoms with Gasteiger partial charge in [0, 0.05) is 17.7 Å². The van der Waals surface area contributed by atoms with Gasteiger partial charge >= 0.3 is 0 Å². The number of para-hydroxylation sites is 1. The molecule has 3 aromatic rings. The van der Waals surface area contributed by atoms with Crippen molar-refractivity contribution in [2.45, 2.75) is 0 Å². The molecule has 0 unspecified atom stereocenters. The Balaban J connectivity index is 1.73. The predicted molar refractivity (Wildman–Crippen MR) is 83.6 cm³/mol. The van der Waals surface area contributed by atoms with Crippen LogP contribution < -0.4 is 5.32 Å². The molecular weight excluding hydrogens is 262 g/mol. The third-order valence-electron chi connectivity index (χ3n) is 2.95. The first kappa shape index (κ1) is 13.0. The number of pyridine rings is 2. The highest BCUT2D eigenvalue weighted by molar-refractivity contribution is 6.01. The molecule has 2 aromatic heterocycles. The summed E-state index contributed by atoms with van der Waals surface area (Å²) >= 11 is 0. The summed E-state index contributed by atoms with van der Waals surface area (Å²) in [5.41, 5.74) is 2.32. The Bertz CT molecular complexity index is 797. The van der Waals surface area contributed by atoms with Gasteiger partial charge in [-0.15, -0.1) is 0 Å². The van der Waals surface area contributed by atoms with Crippen LogP contribution in [-0.2, 0) is 4.79 Å². The van der Waals surface area contributed by atoms with Crippen LogP contribution in [0.25, 0.3) is 17.0 Å². The molecule has 2 heterocycles. The second kappa shape index (κ2) is 5.96. The van der Waals surface area contributed by atoms with Crippen LogP contribution in [0, 0.1) is 0 Å². The number of hydrogen-bond acceptors (Lipinski definition) is 3. The first-order valence-corrected chi connectivity index (χ1v) is 6.56. The number of rotatable bonds is 3. The molecule has 0 radical (unpaired) electrons. The van der Waals surface area contributed by atoms with E-state index in [2.05, 4.69) is 15.3 Å². The largest absolute Gasteiger partial charge is 0.321 e. The number of aromatic nitrogens is 2. The summed E-state index contributed by atoms with van der Waals surface area (Å²) < 4.78 is 0. The minimum atomic E-state index is -0.210. The molecule has 3 rings (SSSR count). The van der Waals surface area contributed by atoms with E-state index < -0.39 is 0 Å². The minimum Gasteiger partial charge on any atom is -0.321 e. The zero-order valence-electron chi connectivity index (χ0n) is 11.2. The van der Waals surface area contributed by atoms with Gasteiger partial charge in [0.15, 0.2) is 0 Å². The third kappa shape index (κ3) is 3.30. The van der Waals surface area contributed by atoms with Crippen molar-refractivity contribution in [2.75, 3.05) is 5.32 Å². The van der Waals surface area contributed by atoms with E-state index in [0.29, 0.717) is 5.69 Å². The van der Waals surface area contributed by atoms with E-state index in [1.165, 1.54) is 6.08 Å². The molecule has 0 saturated carbocycles. The summed E-state index contributed by atoms with van der Waals surface area (Å²) in [7, 11) is 0. The van der Waals surface area contributed by atoms with Crippen LogP contribution in [-0.4, -0.2) is 15.9 Å². The van der Waals surface area contributed by atoms with Crippen LogP contribution in [0.3, 0.4) is 0 Å². The van der Waals surface area contributed by atoms with Gasteiger partial charge in [0.05, 0.1) is 23.1 Å². The van der Waals surface area contributed by atoms with E-state index in [1.807, 2.05) is 36.4 Å². The lowest BCUT2D eigenvalue weighted by Gasteiger charge is -2.00. The average Bonchev–Trinajstić information content (AvgIpc) is 2.54. The summed E-state index contributed by atoms with van der Waals surface area (Å²) in [6.45, 7) is 0. The number of nitrogens with zero attached hydrogens (tertiary/aromatic N) is 2. The summed E-state index contributed by atoms with van der Waals surface area (Å²) in [6.07, 6.45) is 6.41. The number of benzene rings is 1. The highest BCUT2D eigenvalue weighted by atomic mass is 16.1. The number of anilines is 1. The topological polar surface area (TPSA) is 54.9 Å². The number of carbonyl (C=O) groups excluding carboxylic acids is 1. The van der Waals surface area contributed by atoms with Crippen LogP contribution in [0.15, 0.2) is 67.0 Å². The van der Waals surface area contributed by atoms with E-state index >= 15 is 0 Å². The standard InChI is InChI=1S/C17H13N3O/c21-17(20-15-5-3-11-18-12-15)10-9-14-8-7-13-4-1-2-6-16(13)19-14/h1-12H,(H,20,21)/b10-9+. The van der Waals surface area contributed by atoms with Crippen molar-refractivity contribution < 1.29 is 4.79 Å². The zero-order valence-corrected chi connectivity index (χ0v) is 11.2. The Labute approximate surface area is 122 Å². The monoisotopic (exact) mass is 275 g/mol. The number of hydrogen-bond donors (Lipinski definition) is 1. The molecule has 0 spiro atoms. The highest BCUT2D eigenvalue weighted by Gasteiger charge is 1.98. The summed E-state index contributed by atoms with van der Waals surface area (Å²) in [6, 6.07) is 15.3. The number of fused-ring (bicyclic) bond motifs is 1. The van der Waals surface area contributed by atoms with Gasteiger partial charge < -0.3 is 5.32 Å². The first-order valence-electron chi connectivity index (χ1n) is 6.56. The zero-order chi connectivity index (χ0) is 14.5. The summed E-state index contributed by atoms with van der Waals surface area (Å²) in [4.78, 5) is 20.2. The van der Waals surface area contributed by atoms with E-state index in [0.717, 1.165) is 16.6 Å². The fraction of sp³-hybridized carbons (Fsp3) is 0. The SMILES string of the molecule is O=C(/C=C/c1ccc2ccccc2n1)Nc1cccnc1. The Morgan fingerprint density at radius 2 is 1.95 bits per heavy atom. The lowest BCUT2D eigenvalue weighted by atomic mass is 10.2. The number of carbonyl (C=O) groups is 1. The van der Waals surface area contributed by atoms with Gasteiger partial charge in [-0.05, 0) is 30.3 Å². The average molecular weight is 275 g/mol. The molecule has 1 aromatic carbocycles. The molecule has 102 valence electrons. The quantitative estimate of drug-likeness (QED) is 0.746. The fourth-order valence-electron chi connectivity index (χ4n) is 1.96. The van der Waals surface area contributed by atoms with Crippen LogP contribution >= 0.6 is 0 Å². The van der Waals surface area contributed by atoms with Gasteiger partial charge in [-0.1, -0.05) is 24.3 Å². The van der Waals surface area contributed by atoms with Crippen LogP contribution in [0.5, 0.6) is 0 Å². The lowest BCUT2D eigenvalue weighted by molar-refractivity contribution is -0.111. The molecule has 0 aliphatic carbocycles. The van der Waals surface area contributed by atoms with Crippen LogP contribution in [0.4, 0.5) is 5.69 Å². The van der Waals surface area contributed by atoms with Crippen molar-refractivity contribution in [3.63, 3.8) is 0 Å². The Morgan fingerprint density at radius 3 is 2.81 bits per heavy atom. The number of nitrogens with one attached hydrogen (secondary N) is 1. The van der Waals surface area contributed by atoms with E-state index in [1.54, 1.807) is 30.6 Å². The van der Waals surface area contributed by atoms with Crippen LogP contribution in [0.1, 0.15) is 5.69 Å². The van der Waals surface area contributed by atoms with Crippen molar-refractivity contribution >= 4 is 28.6 Å². The number of amides is 1. The molecule has 0 aliphatic rings. The molecule has 0 atom stereocenters. The van der Waals surface area contributed by atoms with Crippen molar-refractivity contribution in [3.8, 4) is 0 Å². The van der Waals surface area contributed by atoms with Gasteiger partial charge in [-0.2, -0.15) is 0 Å². The summed E-state index contributed by atoms with van der Waals surface area (Å²) in [5.74, 6) is -0.210. The molecule has 4 nitrogen and oxygen atoms in total. The van der Waals surface area contributed by atoms with Crippen LogP contribution in [0.2, 0.25) is 0 Å². The second-order valence-corrected chi connectivity index (χ2v) is 4.49. The van der Waals surface area contributed by atoms with Gasteiger partial charge in [-0.25, -0.2) is 4.98 Å². The normalized spacial score (nSPS) is 10.9. The van der Waals surface area contributed by atoms with E-state index in [-0.39, 0.29) is 5.91 Å². The van der Waals surface area contributed by atoms with E-state index in [4.69, 9.17) is 0 Å².